The molecule has 3 rings (SSSR count). The number of benzene rings is 1. The second-order valence-corrected chi connectivity index (χ2v) is 7.74. The molecule has 1 amide bonds. The number of nitrogens with one attached hydrogen (secondary N) is 2. The van der Waals surface area contributed by atoms with E-state index in [-0.39, 0.29) is 30.7 Å². The largest absolute Gasteiger partial charge is 0.351 e. The van der Waals surface area contributed by atoms with Crippen LogP contribution >= 0.6 is 24.8 Å². The van der Waals surface area contributed by atoms with E-state index in [4.69, 9.17) is 0 Å². The maximum absolute atomic E-state index is 12.6. The Balaban J connectivity index is 0.00000225. The van der Waals surface area contributed by atoms with Crippen LogP contribution in [0.25, 0.3) is 0 Å². The number of carbonyl (C=O) groups is 1. The van der Waals surface area contributed by atoms with Gasteiger partial charge in [-0.3, -0.25) is 9.69 Å². The molecule has 2 N–H and O–H groups in total. The first kappa shape index (κ1) is 26.4. The minimum absolute atomic E-state index is 0. The van der Waals surface area contributed by atoms with E-state index in [1.807, 2.05) is 17.7 Å². The molecule has 0 radical (unpaired) electrons. The van der Waals surface area contributed by atoms with Crippen LogP contribution in [-0.4, -0.2) is 58.5 Å². The quantitative estimate of drug-likeness (QED) is 0.638. The highest BCUT2D eigenvalue weighted by Crippen LogP contribution is 2.20. The summed E-state index contributed by atoms with van der Waals surface area (Å²) in [5.41, 5.74) is 2.61. The Labute approximate surface area is 191 Å². The van der Waals surface area contributed by atoms with Crippen LogP contribution in [0, 0.1) is 6.92 Å². The van der Waals surface area contributed by atoms with Gasteiger partial charge in [-0.2, -0.15) is 0 Å². The van der Waals surface area contributed by atoms with Crippen LogP contribution in [-0.2, 0) is 6.54 Å². The predicted octanol–water partition coefficient (Wildman–Crippen LogP) is 3.00. The minimum atomic E-state index is -0.129. The van der Waals surface area contributed by atoms with Crippen LogP contribution in [0.5, 0.6) is 0 Å². The Kier molecular flexibility index (Phi) is 11.3. The first-order valence-corrected chi connectivity index (χ1v) is 10.2. The molecule has 0 aliphatic carbocycles. The summed E-state index contributed by atoms with van der Waals surface area (Å²) in [6.45, 7) is 7.62. The van der Waals surface area contributed by atoms with Crippen LogP contribution in [0.3, 0.4) is 0 Å². The van der Waals surface area contributed by atoms with Crippen molar-refractivity contribution in [1.29, 1.82) is 0 Å². The standard InChI is InChI=1S/C21H32N6O.2ClH/c1-16(26(3)15-18-7-5-4-6-8-18)9-14-23-21(28)20-17(2)27(25-24-20)19-10-12-22-13-11-19;;/h4-8,16,19,22H,9-15H2,1-3H3,(H,23,28);2*1H. The summed E-state index contributed by atoms with van der Waals surface area (Å²) in [5.74, 6) is -0.129. The van der Waals surface area contributed by atoms with Gasteiger partial charge in [0.1, 0.15) is 0 Å². The van der Waals surface area contributed by atoms with Crippen LogP contribution in [0.1, 0.15) is 54.0 Å². The summed E-state index contributed by atoms with van der Waals surface area (Å²) >= 11 is 0. The molecule has 1 unspecified atom stereocenters. The summed E-state index contributed by atoms with van der Waals surface area (Å²) < 4.78 is 1.92. The van der Waals surface area contributed by atoms with Crippen molar-refractivity contribution < 1.29 is 4.79 Å². The lowest BCUT2D eigenvalue weighted by atomic mass is 10.1. The molecule has 1 saturated heterocycles. The van der Waals surface area contributed by atoms with Crippen molar-refractivity contribution in [2.24, 2.45) is 0 Å². The van der Waals surface area contributed by atoms with Crippen molar-refractivity contribution in [1.82, 2.24) is 30.5 Å². The highest BCUT2D eigenvalue weighted by atomic mass is 35.5. The van der Waals surface area contributed by atoms with E-state index in [1.54, 1.807) is 0 Å². The van der Waals surface area contributed by atoms with Gasteiger partial charge in [0, 0.05) is 19.1 Å². The Morgan fingerprint density at radius 2 is 1.93 bits per heavy atom. The lowest BCUT2D eigenvalue weighted by Crippen LogP contribution is -2.34. The number of hydrogen-bond donors (Lipinski definition) is 2. The SMILES string of the molecule is Cc1c(C(=O)NCCC(C)N(C)Cc2ccccc2)nnn1C1CCNCC1.Cl.Cl. The smallest absolute Gasteiger partial charge is 0.273 e. The highest BCUT2D eigenvalue weighted by molar-refractivity contribution is 5.93. The second-order valence-electron chi connectivity index (χ2n) is 7.74. The number of nitrogens with zero attached hydrogens (tertiary/aromatic N) is 4. The van der Waals surface area contributed by atoms with E-state index in [0.717, 1.165) is 44.6 Å². The molecule has 9 heteroatoms. The molecule has 1 aromatic carbocycles. The van der Waals surface area contributed by atoms with Gasteiger partial charge in [0.25, 0.3) is 5.91 Å². The topological polar surface area (TPSA) is 75.1 Å². The number of amides is 1. The normalized spacial score (nSPS) is 15.2. The van der Waals surface area contributed by atoms with E-state index in [9.17, 15) is 4.79 Å². The molecular formula is C21H34Cl2N6O. The van der Waals surface area contributed by atoms with E-state index in [0.29, 0.717) is 24.3 Å². The third kappa shape index (κ3) is 6.94. The number of halogens is 2. The summed E-state index contributed by atoms with van der Waals surface area (Å²) in [4.78, 5) is 14.9. The first-order valence-electron chi connectivity index (χ1n) is 10.2. The van der Waals surface area contributed by atoms with E-state index >= 15 is 0 Å². The van der Waals surface area contributed by atoms with Gasteiger partial charge in [0.2, 0.25) is 0 Å². The number of hydrogen-bond acceptors (Lipinski definition) is 5. The molecule has 0 bridgehead atoms. The summed E-state index contributed by atoms with van der Waals surface area (Å²) in [6, 6.07) is 11.1. The van der Waals surface area contributed by atoms with Crippen molar-refractivity contribution >= 4 is 30.7 Å². The summed E-state index contributed by atoms with van der Waals surface area (Å²) in [5, 5.41) is 14.8. The lowest BCUT2D eigenvalue weighted by Gasteiger charge is -2.25. The average Bonchev–Trinajstić information content (AvgIpc) is 3.10. The second kappa shape index (κ2) is 12.9. The number of rotatable bonds is 8. The van der Waals surface area contributed by atoms with E-state index in [2.05, 4.69) is 64.1 Å². The zero-order valence-electron chi connectivity index (χ0n) is 18.0. The number of piperidine rings is 1. The Morgan fingerprint density at radius 3 is 2.60 bits per heavy atom. The van der Waals surface area contributed by atoms with Gasteiger partial charge in [-0.25, -0.2) is 4.68 Å². The maximum atomic E-state index is 12.6. The van der Waals surface area contributed by atoms with Crippen molar-refractivity contribution in [3.05, 3.63) is 47.3 Å². The Hall–Kier alpha value is -1.67. The highest BCUT2D eigenvalue weighted by Gasteiger charge is 2.22. The lowest BCUT2D eigenvalue weighted by molar-refractivity contribution is 0.0943. The Morgan fingerprint density at radius 1 is 1.27 bits per heavy atom. The molecule has 30 heavy (non-hydrogen) atoms. The zero-order valence-corrected chi connectivity index (χ0v) is 19.6. The van der Waals surface area contributed by atoms with Crippen LogP contribution in [0.2, 0.25) is 0 Å². The Bertz CT molecular complexity index is 764. The number of aromatic nitrogens is 3. The van der Waals surface area contributed by atoms with Gasteiger partial charge >= 0.3 is 0 Å². The van der Waals surface area contributed by atoms with Gasteiger partial charge < -0.3 is 10.6 Å². The molecule has 1 fully saturated rings. The monoisotopic (exact) mass is 456 g/mol. The van der Waals surface area contributed by atoms with Crippen LogP contribution < -0.4 is 10.6 Å². The fraction of sp³-hybridized carbons (Fsp3) is 0.571. The predicted molar refractivity (Wildman–Crippen MR) is 125 cm³/mol. The molecule has 1 aliphatic heterocycles. The minimum Gasteiger partial charge on any atom is -0.351 e. The molecule has 7 nitrogen and oxygen atoms in total. The van der Waals surface area contributed by atoms with Crippen LogP contribution in [0.15, 0.2) is 30.3 Å². The average molecular weight is 457 g/mol. The maximum Gasteiger partial charge on any atom is 0.273 e. The molecule has 0 saturated carbocycles. The van der Waals surface area contributed by atoms with Crippen molar-refractivity contribution in [3.63, 3.8) is 0 Å². The third-order valence-corrected chi connectivity index (χ3v) is 5.67. The molecular weight excluding hydrogens is 423 g/mol. The fourth-order valence-electron chi connectivity index (χ4n) is 3.67. The van der Waals surface area contributed by atoms with Gasteiger partial charge in [0.05, 0.1) is 11.7 Å². The van der Waals surface area contributed by atoms with Crippen molar-refractivity contribution in [3.8, 4) is 0 Å². The molecule has 1 aliphatic rings. The fourth-order valence-corrected chi connectivity index (χ4v) is 3.67. The molecule has 1 aromatic heterocycles. The van der Waals surface area contributed by atoms with Crippen molar-refractivity contribution in [2.45, 2.75) is 51.7 Å². The van der Waals surface area contributed by atoms with Gasteiger partial charge in [-0.15, -0.1) is 29.9 Å². The molecule has 2 heterocycles. The van der Waals surface area contributed by atoms with E-state index < -0.39 is 0 Å². The first-order chi connectivity index (χ1) is 13.6. The van der Waals surface area contributed by atoms with Gasteiger partial charge in [-0.05, 0) is 58.8 Å². The van der Waals surface area contributed by atoms with Gasteiger partial charge in [-0.1, -0.05) is 35.5 Å². The molecule has 168 valence electrons. The summed E-state index contributed by atoms with van der Waals surface area (Å²) in [6.07, 6.45) is 2.93. The summed E-state index contributed by atoms with van der Waals surface area (Å²) in [7, 11) is 2.12. The number of carbonyl (C=O) groups excluding carboxylic acids is 1. The molecule has 2 aromatic rings. The molecule has 0 spiro atoms. The zero-order chi connectivity index (χ0) is 19.9. The third-order valence-electron chi connectivity index (χ3n) is 5.67. The van der Waals surface area contributed by atoms with Crippen LogP contribution in [0.4, 0.5) is 0 Å². The van der Waals surface area contributed by atoms with E-state index in [1.165, 1.54) is 5.56 Å². The van der Waals surface area contributed by atoms with Gasteiger partial charge in [0.15, 0.2) is 5.69 Å². The molecule has 1 atom stereocenters. The van der Waals surface area contributed by atoms with Crippen molar-refractivity contribution in [2.75, 3.05) is 26.7 Å².